The highest BCUT2D eigenvalue weighted by atomic mass is 19.1. The van der Waals surface area contributed by atoms with Crippen LogP contribution in [0.15, 0.2) is 24.3 Å². The van der Waals surface area contributed by atoms with E-state index in [4.69, 9.17) is 0 Å². The van der Waals surface area contributed by atoms with Crippen molar-refractivity contribution in [3.05, 3.63) is 52.9 Å². The number of aromatic nitrogens is 2. The second-order valence-corrected chi connectivity index (χ2v) is 7.55. The number of likely N-dealkylation sites (tertiary alicyclic amines) is 1. The van der Waals surface area contributed by atoms with Crippen LogP contribution in [0.1, 0.15) is 48.4 Å². The van der Waals surface area contributed by atoms with E-state index in [1.165, 1.54) is 0 Å². The van der Waals surface area contributed by atoms with Crippen molar-refractivity contribution in [3.8, 4) is 0 Å². The molecular formula is C20H25F2N3O. The van der Waals surface area contributed by atoms with E-state index in [0.717, 1.165) is 49.0 Å². The highest BCUT2D eigenvalue weighted by molar-refractivity contribution is 5.98. The second-order valence-electron chi connectivity index (χ2n) is 7.55. The molecule has 1 aliphatic rings. The average molecular weight is 361 g/mol. The summed E-state index contributed by atoms with van der Waals surface area (Å²) < 4.78 is 27.3. The van der Waals surface area contributed by atoms with Crippen molar-refractivity contribution in [1.82, 2.24) is 15.1 Å². The van der Waals surface area contributed by atoms with Gasteiger partial charge in [-0.15, -0.1) is 0 Å². The zero-order valence-corrected chi connectivity index (χ0v) is 15.3. The average Bonchev–Trinajstić information content (AvgIpc) is 3.02. The number of H-pyrrole nitrogens is 1. The number of piperidine rings is 1. The minimum atomic E-state index is -0.652. The first kappa shape index (κ1) is 18.7. The molecule has 0 aliphatic carbocycles. The van der Waals surface area contributed by atoms with E-state index >= 15 is 0 Å². The molecule has 1 aromatic heterocycles. The standard InChI is InChI=1S/C20H25F2N3O/c1-13(2)8-16-10-17(24-23-16)12-25-7-3-4-14(11-25)20(26)18-9-15(21)5-6-19(18)22/h5-6,9-10,13-14H,3-4,7-8,11-12H2,1-2H3,(H,23,24). The fourth-order valence-corrected chi connectivity index (χ4v) is 3.57. The van der Waals surface area contributed by atoms with Crippen molar-refractivity contribution in [2.75, 3.05) is 13.1 Å². The van der Waals surface area contributed by atoms with Crippen LogP contribution >= 0.6 is 0 Å². The van der Waals surface area contributed by atoms with Gasteiger partial charge in [0, 0.05) is 24.7 Å². The monoisotopic (exact) mass is 361 g/mol. The van der Waals surface area contributed by atoms with Crippen LogP contribution in [-0.4, -0.2) is 34.0 Å². The Kier molecular flexibility index (Phi) is 5.81. The van der Waals surface area contributed by atoms with Crippen LogP contribution in [0, 0.1) is 23.5 Å². The lowest BCUT2D eigenvalue weighted by Gasteiger charge is -2.31. The van der Waals surface area contributed by atoms with Gasteiger partial charge in [0.05, 0.1) is 11.3 Å². The summed E-state index contributed by atoms with van der Waals surface area (Å²) in [5, 5.41) is 7.40. The lowest BCUT2D eigenvalue weighted by molar-refractivity contribution is 0.0805. The summed E-state index contributed by atoms with van der Waals surface area (Å²) in [6.45, 7) is 6.42. The highest BCUT2D eigenvalue weighted by Gasteiger charge is 2.28. The number of nitrogens with zero attached hydrogens (tertiary/aromatic N) is 2. The molecule has 1 aliphatic heterocycles. The molecule has 140 valence electrons. The van der Waals surface area contributed by atoms with Crippen LogP contribution in [0.5, 0.6) is 0 Å². The number of carbonyl (C=O) groups is 1. The van der Waals surface area contributed by atoms with E-state index in [-0.39, 0.29) is 17.3 Å². The number of rotatable bonds is 6. The Morgan fingerprint density at radius 2 is 2.15 bits per heavy atom. The Labute approximate surface area is 152 Å². The van der Waals surface area contributed by atoms with E-state index in [2.05, 4.69) is 35.0 Å². The molecule has 2 heterocycles. The maximum Gasteiger partial charge on any atom is 0.170 e. The molecule has 1 atom stereocenters. The van der Waals surface area contributed by atoms with Crippen LogP contribution in [0.25, 0.3) is 0 Å². The fourth-order valence-electron chi connectivity index (χ4n) is 3.57. The SMILES string of the molecule is CC(C)Cc1cc(CN2CCCC(C(=O)c3cc(F)ccc3F)C2)[nH]n1. The van der Waals surface area contributed by atoms with Crippen LogP contribution < -0.4 is 0 Å². The van der Waals surface area contributed by atoms with Gasteiger partial charge in [0.25, 0.3) is 0 Å². The Morgan fingerprint density at radius 1 is 1.35 bits per heavy atom. The molecule has 1 saturated heterocycles. The van der Waals surface area contributed by atoms with Crippen molar-refractivity contribution in [3.63, 3.8) is 0 Å². The number of benzene rings is 1. The zero-order valence-electron chi connectivity index (χ0n) is 15.3. The molecule has 4 nitrogen and oxygen atoms in total. The number of aromatic amines is 1. The van der Waals surface area contributed by atoms with Crippen molar-refractivity contribution < 1.29 is 13.6 Å². The molecule has 6 heteroatoms. The number of nitrogens with one attached hydrogen (secondary N) is 1. The predicted octanol–water partition coefficient (Wildman–Crippen LogP) is 3.98. The number of ketones is 1. The van der Waals surface area contributed by atoms with E-state index in [9.17, 15) is 13.6 Å². The van der Waals surface area contributed by atoms with Gasteiger partial charge in [-0.25, -0.2) is 8.78 Å². The quantitative estimate of drug-likeness (QED) is 0.792. The van der Waals surface area contributed by atoms with Gasteiger partial charge in [-0.3, -0.25) is 14.8 Å². The lowest BCUT2D eigenvalue weighted by atomic mass is 9.89. The topological polar surface area (TPSA) is 49.0 Å². The number of halogens is 2. The zero-order chi connectivity index (χ0) is 18.7. The maximum atomic E-state index is 13.9. The molecule has 0 radical (unpaired) electrons. The maximum absolute atomic E-state index is 13.9. The lowest BCUT2D eigenvalue weighted by Crippen LogP contribution is -2.38. The Hall–Kier alpha value is -2.08. The Morgan fingerprint density at radius 3 is 2.92 bits per heavy atom. The number of Topliss-reactive ketones (excluding diaryl/α,β-unsaturated/α-hetero) is 1. The first-order valence-corrected chi connectivity index (χ1v) is 9.17. The third-order valence-electron chi connectivity index (χ3n) is 4.77. The van der Waals surface area contributed by atoms with E-state index in [1.54, 1.807) is 0 Å². The largest absolute Gasteiger partial charge is 0.297 e. The Balaban J connectivity index is 1.64. The molecule has 0 amide bonds. The summed E-state index contributed by atoms with van der Waals surface area (Å²) in [6, 6.07) is 5.12. The summed E-state index contributed by atoms with van der Waals surface area (Å²) in [5.74, 6) is -1.31. The first-order chi connectivity index (χ1) is 12.4. The molecule has 1 N–H and O–H groups in total. The summed E-state index contributed by atoms with van der Waals surface area (Å²) >= 11 is 0. The number of hydrogen-bond acceptors (Lipinski definition) is 3. The van der Waals surface area contributed by atoms with Crippen LogP contribution in [0.3, 0.4) is 0 Å². The van der Waals surface area contributed by atoms with Gasteiger partial charge in [0.2, 0.25) is 0 Å². The molecule has 3 rings (SSSR count). The molecule has 0 spiro atoms. The molecular weight excluding hydrogens is 336 g/mol. The summed E-state index contributed by atoms with van der Waals surface area (Å²) in [4.78, 5) is 14.8. The molecule has 0 bridgehead atoms. The fraction of sp³-hybridized carbons (Fsp3) is 0.500. The molecule has 0 saturated carbocycles. The minimum Gasteiger partial charge on any atom is -0.297 e. The third-order valence-corrected chi connectivity index (χ3v) is 4.77. The molecule has 26 heavy (non-hydrogen) atoms. The molecule has 1 fully saturated rings. The third kappa shape index (κ3) is 4.55. The Bertz CT molecular complexity index is 772. The summed E-state index contributed by atoms with van der Waals surface area (Å²) in [5.41, 5.74) is 1.92. The van der Waals surface area contributed by atoms with E-state index < -0.39 is 11.6 Å². The predicted molar refractivity (Wildman–Crippen MR) is 95.8 cm³/mol. The minimum absolute atomic E-state index is 0.141. The molecule has 2 aromatic rings. The van der Waals surface area contributed by atoms with E-state index in [0.29, 0.717) is 25.4 Å². The van der Waals surface area contributed by atoms with Gasteiger partial charge >= 0.3 is 0 Å². The van der Waals surface area contributed by atoms with Crippen LogP contribution in [0.2, 0.25) is 0 Å². The van der Waals surface area contributed by atoms with Crippen molar-refractivity contribution in [2.45, 2.75) is 39.7 Å². The molecule has 1 unspecified atom stereocenters. The van der Waals surface area contributed by atoms with Gasteiger partial charge in [0.1, 0.15) is 11.6 Å². The van der Waals surface area contributed by atoms with Gasteiger partial charge in [-0.1, -0.05) is 13.8 Å². The van der Waals surface area contributed by atoms with E-state index in [1.807, 2.05) is 0 Å². The van der Waals surface area contributed by atoms with Gasteiger partial charge in [-0.2, -0.15) is 5.10 Å². The number of hydrogen-bond donors (Lipinski definition) is 1. The second kappa shape index (κ2) is 8.08. The van der Waals surface area contributed by atoms with Gasteiger partial charge < -0.3 is 0 Å². The highest BCUT2D eigenvalue weighted by Crippen LogP contribution is 2.24. The summed E-state index contributed by atoms with van der Waals surface area (Å²) in [7, 11) is 0. The van der Waals surface area contributed by atoms with Gasteiger partial charge in [0.15, 0.2) is 5.78 Å². The van der Waals surface area contributed by atoms with Crippen molar-refractivity contribution >= 4 is 5.78 Å². The van der Waals surface area contributed by atoms with Crippen LogP contribution in [-0.2, 0) is 13.0 Å². The normalized spacial score (nSPS) is 18.4. The first-order valence-electron chi connectivity index (χ1n) is 9.17. The van der Waals surface area contributed by atoms with Crippen molar-refractivity contribution in [1.29, 1.82) is 0 Å². The molecule has 1 aromatic carbocycles. The smallest absolute Gasteiger partial charge is 0.170 e. The number of carbonyl (C=O) groups excluding carboxylic acids is 1. The van der Waals surface area contributed by atoms with Crippen molar-refractivity contribution in [2.24, 2.45) is 11.8 Å². The summed E-state index contributed by atoms with van der Waals surface area (Å²) in [6.07, 6.45) is 2.49. The van der Waals surface area contributed by atoms with Gasteiger partial charge in [-0.05, 0) is 56.0 Å². The van der Waals surface area contributed by atoms with Crippen LogP contribution in [0.4, 0.5) is 8.78 Å².